The highest BCUT2D eigenvalue weighted by molar-refractivity contribution is 6.74. The zero-order valence-corrected chi connectivity index (χ0v) is 31.5. The summed E-state index contributed by atoms with van der Waals surface area (Å²) in [6.07, 6.45) is 4.27. The van der Waals surface area contributed by atoms with Gasteiger partial charge in [0.25, 0.3) is 0 Å². The summed E-state index contributed by atoms with van der Waals surface area (Å²) in [5.41, 5.74) is 3.39. The number of rotatable bonds is 13. The quantitative estimate of drug-likeness (QED) is 0.0943. The van der Waals surface area contributed by atoms with E-state index in [2.05, 4.69) is 64.2 Å². The van der Waals surface area contributed by atoms with E-state index < -0.39 is 20.2 Å². The molecule has 1 N–H and O–H groups in total. The molecule has 272 valence electrons. The number of fused-ring (bicyclic) bond motifs is 1. The first-order chi connectivity index (χ1) is 24.1. The Labute approximate surface area is 297 Å². The Kier molecular flexibility index (Phi) is 9.98. The van der Waals surface area contributed by atoms with Gasteiger partial charge in [-0.2, -0.15) is 18.3 Å². The van der Waals surface area contributed by atoms with Crippen LogP contribution in [0.3, 0.4) is 0 Å². The van der Waals surface area contributed by atoms with Crippen LogP contribution in [0.1, 0.15) is 82.8 Å². The predicted octanol–water partition coefficient (Wildman–Crippen LogP) is 8.50. The van der Waals surface area contributed by atoms with E-state index in [-0.39, 0.29) is 16.9 Å². The third-order valence-corrected chi connectivity index (χ3v) is 14.3. The largest absolute Gasteiger partial charge is 0.480 e. The standard InChI is InChI=1S/C36H46F3N9O2Si/c1-22(2)47-20-28(36(37,38)39)45-33(47)26-13-10-23(16-27(26)40-14-9-15-50-51(7,8)35(3,4)5)19-48-32-25(18-44-48)17-41-31(46-32)29-30(24-11-12-24)42-21-43-34(29)49-6/h10,13,16-18,20-22,24,40H,9,11-12,14-15,19H2,1-8H3. The molecule has 5 aromatic rings. The van der Waals surface area contributed by atoms with E-state index in [0.29, 0.717) is 59.8 Å². The molecule has 1 aliphatic carbocycles. The van der Waals surface area contributed by atoms with Crippen molar-refractivity contribution < 1.29 is 22.3 Å². The van der Waals surface area contributed by atoms with Gasteiger partial charge in [-0.1, -0.05) is 26.8 Å². The van der Waals surface area contributed by atoms with Gasteiger partial charge in [0.2, 0.25) is 5.88 Å². The molecule has 0 spiro atoms. The number of imidazole rings is 1. The van der Waals surface area contributed by atoms with E-state index >= 15 is 0 Å². The third kappa shape index (κ3) is 7.78. The van der Waals surface area contributed by atoms with Crippen molar-refractivity contribution in [3.63, 3.8) is 0 Å². The molecule has 1 aromatic carbocycles. The van der Waals surface area contributed by atoms with Crippen LogP contribution in [0.4, 0.5) is 18.9 Å². The fraction of sp³-hybridized carbons (Fsp3) is 0.500. The van der Waals surface area contributed by atoms with Crippen LogP contribution in [-0.2, 0) is 17.1 Å². The monoisotopic (exact) mass is 721 g/mol. The van der Waals surface area contributed by atoms with Gasteiger partial charge in [-0.15, -0.1) is 0 Å². The van der Waals surface area contributed by atoms with E-state index in [1.807, 2.05) is 32.0 Å². The van der Waals surface area contributed by atoms with Gasteiger partial charge in [-0.25, -0.2) is 29.6 Å². The highest BCUT2D eigenvalue weighted by atomic mass is 28.4. The molecule has 1 saturated carbocycles. The van der Waals surface area contributed by atoms with Crippen LogP contribution in [0.2, 0.25) is 18.1 Å². The fourth-order valence-corrected chi connectivity index (χ4v) is 6.77. The van der Waals surface area contributed by atoms with Gasteiger partial charge in [0.15, 0.2) is 25.5 Å². The van der Waals surface area contributed by atoms with Crippen molar-refractivity contribution >= 4 is 25.0 Å². The Bertz CT molecular complexity index is 2010. The minimum Gasteiger partial charge on any atom is -0.480 e. The second-order valence-electron chi connectivity index (χ2n) is 14.9. The van der Waals surface area contributed by atoms with Gasteiger partial charge >= 0.3 is 6.18 Å². The summed E-state index contributed by atoms with van der Waals surface area (Å²) >= 11 is 0. The first-order valence-electron chi connectivity index (χ1n) is 17.3. The predicted molar refractivity (Wildman–Crippen MR) is 193 cm³/mol. The summed E-state index contributed by atoms with van der Waals surface area (Å²) in [5, 5.41) is 8.97. The number of halogens is 3. The minimum atomic E-state index is -4.57. The number of hydrogen-bond donors (Lipinski definition) is 1. The van der Waals surface area contributed by atoms with Gasteiger partial charge in [0.1, 0.15) is 17.7 Å². The van der Waals surface area contributed by atoms with Crippen LogP contribution >= 0.6 is 0 Å². The summed E-state index contributed by atoms with van der Waals surface area (Å²) in [6, 6.07) is 5.42. The van der Waals surface area contributed by atoms with Gasteiger partial charge in [-0.05, 0) is 68.9 Å². The van der Waals surface area contributed by atoms with Crippen LogP contribution in [0.5, 0.6) is 5.88 Å². The molecule has 15 heteroatoms. The Morgan fingerprint density at radius 1 is 1.04 bits per heavy atom. The zero-order chi connectivity index (χ0) is 36.7. The number of nitrogens with one attached hydrogen (secondary N) is 1. The maximum atomic E-state index is 13.8. The molecule has 0 saturated heterocycles. The van der Waals surface area contributed by atoms with Crippen LogP contribution in [-0.4, -0.2) is 67.8 Å². The summed E-state index contributed by atoms with van der Waals surface area (Å²) in [4.78, 5) is 22.5. The van der Waals surface area contributed by atoms with Crippen LogP contribution in [0, 0.1) is 0 Å². The van der Waals surface area contributed by atoms with Gasteiger partial charge < -0.3 is 19.0 Å². The van der Waals surface area contributed by atoms with Crippen LogP contribution in [0.25, 0.3) is 33.8 Å². The van der Waals surface area contributed by atoms with Crippen molar-refractivity contribution in [3.8, 4) is 28.7 Å². The maximum absolute atomic E-state index is 13.8. The third-order valence-electron chi connectivity index (χ3n) is 9.74. The summed E-state index contributed by atoms with van der Waals surface area (Å²) in [7, 11) is -0.351. The van der Waals surface area contributed by atoms with Crippen molar-refractivity contribution in [1.82, 2.24) is 39.3 Å². The summed E-state index contributed by atoms with van der Waals surface area (Å²) in [6.45, 7) is 16.2. The molecule has 6 rings (SSSR count). The normalized spacial score (nSPS) is 14.1. The number of methoxy groups -OCH3 is 1. The Morgan fingerprint density at radius 2 is 1.80 bits per heavy atom. The molecule has 0 atom stereocenters. The van der Waals surface area contributed by atoms with E-state index in [1.165, 1.54) is 6.33 Å². The molecule has 1 aliphatic rings. The fourth-order valence-electron chi connectivity index (χ4n) is 5.68. The molecule has 0 amide bonds. The minimum absolute atomic E-state index is 0.0921. The number of nitrogens with zero attached hydrogens (tertiary/aromatic N) is 8. The molecule has 0 unspecified atom stereocenters. The first kappa shape index (κ1) is 36.4. The summed E-state index contributed by atoms with van der Waals surface area (Å²) in [5.74, 6) is 1.45. The highest BCUT2D eigenvalue weighted by Crippen LogP contribution is 2.45. The van der Waals surface area contributed by atoms with Crippen molar-refractivity contribution in [2.75, 3.05) is 25.6 Å². The first-order valence-corrected chi connectivity index (χ1v) is 20.2. The molecule has 0 aliphatic heterocycles. The van der Waals surface area contributed by atoms with E-state index in [0.717, 1.165) is 42.1 Å². The van der Waals surface area contributed by atoms with Crippen LogP contribution < -0.4 is 10.1 Å². The Morgan fingerprint density at radius 3 is 2.47 bits per heavy atom. The van der Waals surface area contributed by atoms with Gasteiger partial charge in [0.05, 0.1) is 30.9 Å². The van der Waals surface area contributed by atoms with Crippen molar-refractivity contribution in [3.05, 3.63) is 60.1 Å². The second kappa shape index (κ2) is 14.0. The SMILES string of the molecule is COc1ncnc(C2CC2)c1-c1ncc2cnn(Cc3ccc(-c4nc(C(F)(F)F)cn4C(C)C)c(NCCCO[Si](C)(C)C(C)(C)C)c3)c2n1. The number of aromatic nitrogens is 8. The zero-order valence-electron chi connectivity index (χ0n) is 30.5. The number of anilines is 1. The number of alkyl halides is 3. The lowest BCUT2D eigenvalue weighted by atomic mass is 10.1. The molecular weight excluding hydrogens is 676 g/mol. The lowest BCUT2D eigenvalue weighted by molar-refractivity contribution is -0.140. The lowest BCUT2D eigenvalue weighted by Gasteiger charge is -2.36. The van der Waals surface area contributed by atoms with Crippen molar-refractivity contribution in [2.45, 2.75) is 96.7 Å². The Hall–Kier alpha value is -4.37. The average Bonchev–Trinajstić information content (AvgIpc) is 3.69. The molecular formula is C36H46F3N9O2Si. The lowest BCUT2D eigenvalue weighted by Crippen LogP contribution is -2.41. The molecule has 1 fully saturated rings. The number of benzene rings is 1. The number of ether oxygens (including phenoxy) is 1. The number of hydrogen-bond acceptors (Lipinski definition) is 9. The second-order valence-corrected chi connectivity index (χ2v) is 19.7. The van der Waals surface area contributed by atoms with E-state index in [9.17, 15) is 13.2 Å². The van der Waals surface area contributed by atoms with Gasteiger partial charge in [-0.3, -0.25) is 0 Å². The maximum Gasteiger partial charge on any atom is 0.434 e. The van der Waals surface area contributed by atoms with Gasteiger partial charge in [0, 0.05) is 48.8 Å². The molecule has 4 aromatic heterocycles. The molecule has 51 heavy (non-hydrogen) atoms. The Balaban J connectivity index is 1.33. The van der Waals surface area contributed by atoms with Crippen molar-refractivity contribution in [2.24, 2.45) is 0 Å². The molecule has 0 bridgehead atoms. The molecule has 0 radical (unpaired) electrons. The molecule has 11 nitrogen and oxygen atoms in total. The van der Waals surface area contributed by atoms with E-state index in [4.69, 9.17) is 14.1 Å². The van der Waals surface area contributed by atoms with Crippen LogP contribution in [0.15, 0.2) is 43.1 Å². The average molecular weight is 722 g/mol. The highest BCUT2D eigenvalue weighted by Gasteiger charge is 2.37. The topological polar surface area (TPSA) is 118 Å². The van der Waals surface area contributed by atoms with E-state index in [1.54, 1.807) is 28.8 Å². The molecule has 4 heterocycles. The smallest absolute Gasteiger partial charge is 0.434 e. The summed E-state index contributed by atoms with van der Waals surface area (Å²) < 4.78 is 56.8. The van der Waals surface area contributed by atoms with Crippen molar-refractivity contribution in [1.29, 1.82) is 0 Å².